The number of allylic oxidation sites excluding steroid dienone is 1. The summed E-state index contributed by atoms with van der Waals surface area (Å²) >= 11 is 0. The van der Waals surface area contributed by atoms with Crippen LogP contribution in [0.25, 0.3) is 0 Å². The normalized spacial score (nSPS) is 10.7. The molecule has 0 unspecified atom stereocenters. The van der Waals surface area contributed by atoms with Crippen molar-refractivity contribution in [2.75, 3.05) is 20.6 Å². The Hall–Kier alpha value is -1.05. The number of hydrogen-bond acceptors (Lipinski definition) is 3. The van der Waals surface area contributed by atoms with Crippen molar-refractivity contribution < 1.29 is 4.52 Å². The highest BCUT2D eigenvalue weighted by molar-refractivity contribution is 14.0. The fourth-order valence-electron chi connectivity index (χ4n) is 1.46. The number of rotatable bonds is 6. The molecular weight excluding hydrogens is 343 g/mol. The van der Waals surface area contributed by atoms with Gasteiger partial charge in [-0.05, 0) is 12.8 Å². The van der Waals surface area contributed by atoms with Gasteiger partial charge in [-0.1, -0.05) is 11.2 Å². The molecule has 0 spiro atoms. The Labute approximate surface area is 125 Å². The van der Waals surface area contributed by atoms with Crippen molar-refractivity contribution in [3.05, 3.63) is 30.7 Å². The first-order valence-corrected chi connectivity index (χ1v) is 5.70. The third-order valence-electron chi connectivity index (χ3n) is 2.39. The molecule has 0 fully saturated rings. The van der Waals surface area contributed by atoms with Crippen LogP contribution in [0.2, 0.25) is 0 Å². The van der Waals surface area contributed by atoms with E-state index in [1.54, 1.807) is 13.3 Å². The summed E-state index contributed by atoms with van der Waals surface area (Å²) in [6.07, 6.45) is 5.59. The lowest BCUT2D eigenvalue weighted by molar-refractivity contribution is 0.409. The van der Waals surface area contributed by atoms with Crippen LogP contribution >= 0.6 is 24.0 Å². The Kier molecular flexibility index (Phi) is 9.35. The zero-order valence-electron chi connectivity index (χ0n) is 10.9. The van der Waals surface area contributed by atoms with E-state index in [-0.39, 0.29) is 24.0 Å². The number of aromatic nitrogens is 1. The van der Waals surface area contributed by atoms with Gasteiger partial charge in [0.05, 0.1) is 6.54 Å². The number of hydrogen-bond donors (Lipinski definition) is 1. The van der Waals surface area contributed by atoms with Gasteiger partial charge < -0.3 is 14.7 Å². The van der Waals surface area contributed by atoms with E-state index < -0.39 is 0 Å². The molecule has 0 aliphatic heterocycles. The van der Waals surface area contributed by atoms with Crippen LogP contribution in [-0.2, 0) is 6.54 Å². The summed E-state index contributed by atoms with van der Waals surface area (Å²) in [6, 6.07) is 1.83. The zero-order chi connectivity index (χ0) is 12.5. The van der Waals surface area contributed by atoms with Gasteiger partial charge in [-0.15, -0.1) is 30.6 Å². The van der Waals surface area contributed by atoms with Crippen LogP contribution in [0, 0.1) is 0 Å². The minimum atomic E-state index is 0. The maximum atomic E-state index is 4.77. The monoisotopic (exact) mass is 364 g/mol. The molecule has 1 heterocycles. The van der Waals surface area contributed by atoms with E-state index in [4.69, 9.17) is 4.52 Å². The Morgan fingerprint density at radius 1 is 1.67 bits per heavy atom. The second-order valence-corrected chi connectivity index (χ2v) is 3.74. The van der Waals surface area contributed by atoms with E-state index in [1.807, 2.05) is 19.2 Å². The molecule has 0 aliphatic carbocycles. The van der Waals surface area contributed by atoms with Crippen molar-refractivity contribution in [2.45, 2.75) is 19.4 Å². The number of nitrogens with one attached hydrogen (secondary N) is 1. The summed E-state index contributed by atoms with van der Waals surface area (Å²) in [4.78, 5) is 6.30. The van der Waals surface area contributed by atoms with Crippen LogP contribution in [0.5, 0.6) is 0 Å². The summed E-state index contributed by atoms with van der Waals surface area (Å²) < 4.78 is 4.77. The zero-order valence-corrected chi connectivity index (χ0v) is 13.3. The number of aliphatic imine (C=N–C) groups is 1. The molecular formula is C12H21IN4O. The molecule has 5 nitrogen and oxygen atoms in total. The average Bonchev–Trinajstić information content (AvgIpc) is 2.83. The second kappa shape index (κ2) is 9.93. The minimum Gasteiger partial charge on any atom is -0.364 e. The topological polar surface area (TPSA) is 53.7 Å². The molecule has 0 radical (unpaired) electrons. The molecule has 1 rings (SSSR count). The molecule has 1 aromatic rings. The Morgan fingerprint density at radius 3 is 3.00 bits per heavy atom. The lowest BCUT2D eigenvalue weighted by atomic mass is 10.3. The maximum Gasteiger partial charge on any atom is 0.193 e. The van der Waals surface area contributed by atoms with E-state index in [9.17, 15) is 0 Å². The van der Waals surface area contributed by atoms with Gasteiger partial charge in [-0.25, -0.2) is 0 Å². The molecule has 0 saturated carbocycles. The molecule has 0 aromatic carbocycles. The summed E-state index contributed by atoms with van der Waals surface area (Å²) in [5.74, 6) is 0.858. The predicted molar refractivity (Wildman–Crippen MR) is 84.2 cm³/mol. The fraction of sp³-hybridized carbons (Fsp3) is 0.500. The molecule has 6 heteroatoms. The first-order chi connectivity index (χ1) is 8.27. The molecule has 18 heavy (non-hydrogen) atoms. The van der Waals surface area contributed by atoms with Crippen molar-refractivity contribution in [3.63, 3.8) is 0 Å². The average molecular weight is 364 g/mol. The van der Waals surface area contributed by atoms with Crippen LogP contribution in [0.1, 0.15) is 18.5 Å². The SMILES string of the molecule is C=CCCCN(C)C(=NC)NCc1ccon1.I. The minimum absolute atomic E-state index is 0. The van der Waals surface area contributed by atoms with Crippen LogP contribution in [0.15, 0.2) is 34.5 Å². The van der Waals surface area contributed by atoms with Crippen LogP contribution in [0.4, 0.5) is 0 Å². The Bertz CT molecular complexity index is 351. The smallest absolute Gasteiger partial charge is 0.193 e. The molecule has 0 saturated heterocycles. The van der Waals surface area contributed by atoms with Gasteiger partial charge in [-0.2, -0.15) is 0 Å². The molecule has 0 aliphatic rings. The third kappa shape index (κ3) is 6.04. The molecule has 1 aromatic heterocycles. The largest absolute Gasteiger partial charge is 0.364 e. The standard InChI is InChI=1S/C12H20N4O.HI/c1-4-5-6-8-16(3)12(13-2)14-10-11-7-9-17-15-11;/h4,7,9H,1,5-6,8,10H2,2-3H3,(H,13,14);1H. The van der Waals surface area contributed by atoms with E-state index in [0.717, 1.165) is 31.0 Å². The molecule has 0 amide bonds. The van der Waals surface area contributed by atoms with Crippen molar-refractivity contribution in [1.82, 2.24) is 15.4 Å². The van der Waals surface area contributed by atoms with E-state index in [1.165, 1.54) is 0 Å². The third-order valence-corrected chi connectivity index (χ3v) is 2.39. The van der Waals surface area contributed by atoms with Crippen molar-refractivity contribution in [1.29, 1.82) is 0 Å². The lowest BCUT2D eigenvalue weighted by Crippen LogP contribution is -2.39. The Morgan fingerprint density at radius 2 is 2.44 bits per heavy atom. The number of nitrogens with zero attached hydrogens (tertiary/aromatic N) is 3. The number of unbranched alkanes of at least 4 members (excludes halogenated alkanes) is 1. The first kappa shape index (κ1) is 16.9. The van der Waals surface area contributed by atoms with Crippen molar-refractivity contribution in [3.8, 4) is 0 Å². The van der Waals surface area contributed by atoms with Gasteiger partial charge in [0, 0.05) is 26.7 Å². The van der Waals surface area contributed by atoms with Crippen LogP contribution < -0.4 is 5.32 Å². The fourth-order valence-corrected chi connectivity index (χ4v) is 1.46. The van der Waals surface area contributed by atoms with E-state index >= 15 is 0 Å². The number of halogens is 1. The highest BCUT2D eigenvalue weighted by Gasteiger charge is 2.05. The van der Waals surface area contributed by atoms with E-state index in [2.05, 4.69) is 26.9 Å². The molecule has 0 bridgehead atoms. The maximum absolute atomic E-state index is 4.77. The lowest BCUT2D eigenvalue weighted by Gasteiger charge is -2.21. The quantitative estimate of drug-likeness (QED) is 0.277. The van der Waals surface area contributed by atoms with Crippen molar-refractivity contribution in [2.24, 2.45) is 4.99 Å². The van der Waals surface area contributed by atoms with Gasteiger partial charge in [0.15, 0.2) is 5.96 Å². The van der Waals surface area contributed by atoms with Gasteiger partial charge in [-0.3, -0.25) is 4.99 Å². The molecule has 1 N–H and O–H groups in total. The Balaban J connectivity index is 0.00000289. The van der Waals surface area contributed by atoms with Gasteiger partial charge in [0.25, 0.3) is 0 Å². The summed E-state index contributed by atoms with van der Waals surface area (Å²) in [6.45, 7) is 5.28. The highest BCUT2D eigenvalue weighted by atomic mass is 127. The number of guanidine groups is 1. The van der Waals surface area contributed by atoms with Crippen LogP contribution in [0.3, 0.4) is 0 Å². The second-order valence-electron chi connectivity index (χ2n) is 3.74. The first-order valence-electron chi connectivity index (χ1n) is 5.70. The molecule has 102 valence electrons. The molecule has 0 atom stereocenters. The highest BCUT2D eigenvalue weighted by Crippen LogP contribution is 1.97. The van der Waals surface area contributed by atoms with Gasteiger partial charge in [0.2, 0.25) is 0 Å². The summed E-state index contributed by atoms with van der Waals surface area (Å²) in [5, 5.41) is 7.06. The van der Waals surface area contributed by atoms with Gasteiger partial charge in [0.1, 0.15) is 12.0 Å². The van der Waals surface area contributed by atoms with Gasteiger partial charge >= 0.3 is 0 Å². The van der Waals surface area contributed by atoms with E-state index in [0.29, 0.717) is 6.54 Å². The predicted octanol–water partition coefficient (Wildman–Crippen LogP) is 2.27. The van der Waals surface area contributed by atoms with Crippen LogP contribution in [-0.4, -0.2) is 36.7 Å². The summed E-state index contributed by atoms with van der Waals surface area (Å²) in [7, 11) is 3.79. The van der Waals surface area contributed by atoms with Crippen molar-refractivity contribution >= 4 is 29.9 Å². The summed E-state index contributed by atoms with van der Waals surface area (Å²) in [5.41, 5.74) is 0.866.